The number of aromatic nitrogens is 1. The third-order valence-electron chi connectivity index (χ3n) is 3.42. The van der Waals surface area contributed by atoms with Crippen LogP contribution in [0.15, 0.2) is 42.5 Å². The van der Waals surface area contributed by atoms with Crippen molar-refractivity contribution >= 4 is 0 Å². The van der Waals surface area contributed by atoms with E-state index in [0.717, 1.165) is 24.0 Å². The quantitative estimate of drug-likeness (QED) is 0.884. The van der Waals surface area contributed by atoms with E-state index >= 15 is 0 Å². The van der Waals surface area contributed by atoms with Gasteiger partial charge in [0.25, 0.3) is 0 Å². The van der Waals surface area contributed by atoms with Gasteiger partial charge in [-0.1, -0.05) is 36.4 Å². The maximum Gasteiger partial charge on any atom is 0.0705 e. The van der Waals surface area contributed by atoms with Crippen LogP contribution >= 0.6 is 0 Å². The van der Waals surface area contributed by atoms with E-state index in [1.165, 1.54) is 24.0 Å². The first-order valence-corrected chi connectivity index (χ1v) is 6.58. The van der Waals surface area contributed by atoms with Crippen LogP contribution in [0.5, 0.6) is 0 Å². The SMILES string of the molecule is Cc1nc(-c2ccccc2)ccc1CNC1CC1. The second kappa shape index (κ2) is 4.91. The van der Waals surface area contributed by atoms with Crippen LogP contribution in [0, 0.1) is 6.92 Å². The van der Waals surface area contributed by atoms with E-state index in [0.29, 0.717) is 0 Å². The number of pyridine rings is 1. The van der Waals surface area contributed by atoms with E-state index in [1.54, 1.807) is 0 Å². The number of hydrogen-bond donors (Lipinski definition) is 1. The molecule has 0 radical (unpaired) electrons. The minimum atomic E-state index is 0.748. The first-order chi connectivity index (χ1) is 8.83. The zero-order valence-electron chi connectivity index (χ0n) is 10.7. The Labute approximate surface area is 108 Å². The molecule has 1 aliphatic carbocycles. The molecular formula is C16H18N2. The lowest BCUT2D eigenvalue weighted by Gasteiger charge is -2.08. The zero-order valence-corrected chi connectivity index (χ0v) is 10.7. The molecule has 92 valence electrons. The summed E-state index contributed by atoms with van der Waals surface area (Å²) in [5, 5.41) is 3.53. The Morgan fingerprint density at radius 2 is 1.89 bits per heavy atom. The van der Waals surface area contributed by atoms with Crippen molar-refractivity contribution in [3.05, 3.63) is 53.7 Å². The van der Waals surface area contributed by atoms with Gasteiger partial charge in [0.1, 0.15) is 0 Å². The number of nitrogens with one attached hydrogen (secondary N) is 1. The van der Waals surface area contributed by atoms with Gasteiger partial charge in [-0.25, -0.2) is 0 Å². The van der Waals surface area contributed by atoms with Crippen LogP contribution in [-0.2, 0) is 6.54 Å². The van der Waals surface area contributed by atoms with Gasteiger partial charge in [-0.2, -0.15) is 0 Å². The molecule has 1 aliphatic rings. The zero-order chi connectivity index (χ0) is 12.4. The number of hydrogen-bond acceptors (Lipinski definition) is 2. The molecule has 18 heavy (non-hydrogen) atoms. The molecule has 2 heteroatoms. The van der Waals surface area contributed by atoms with Gasteiger partial charge in [-0.3, -0.25) is 4.98 Å². The predicted molar refractivity (Wildman–Crippen MR) is 74.3 cm³/mol. The van der Waals surface area contributed by atoms with Crippen molar-refractivity contribution in [3.8, 4) is 11.3 Å². The van der Waals surface area contributed by atoms with Crippen LogP contribution in [0.1, 0.15) is 24.1 Å². The molecule has 2 aromatic rings. The van der Waals surface area contributed by atoms with E-state index in [9.17, 15) is 0 Å². The molecule has 2 nitrogen and oxygen atoms in total. The van der Waals surface area contributed by atoms with Crippen molar-refractivity contribution in [3.63, 3.8) is 0 Å². The highest BCUT2D eigenvalue weighted by Gasteiger charge is 2.20. The van der Waals surface area contributed by atoms with Crippen LogP contribution in [0.25, 0.3) is 11.3 Å². The van der Waals surface area contributed by atoms with E-state index in [2.05, 4.69) is 48.6 Å². The average molecular weight is 238 g/mol. The molecule has 3 rings (SSSR count). The minimum absolute atomic E-state index is 0.748. The van der Waals surface area contributed by atoms with E-state index in [1.807, 2.05) is 6.07 Å². The van der Waals surface area contributed by atoms with Crippen LogP contribution in [0.4, 0.5) is 0 Å². The lowest BCUT2D eigenvalue weighted by atomic mass is 10.1. The third-order valence-corrected chi connectivity index (χ3v) is 3.42. The maximum absolute atomic E-state index is 4.70. The Kier molecular flexibility index (Phi) is 3.11. The van der Waals surface area contributed by atoms with Gasteiger partial charge < -0.3 is 5.32 Å². The number of aryl methyl sites for hydroxylation is 1. The molecule has 1 aromatic heterocycles. The number of rotatable bonds is 4. The fourth-order valence-corrected chi connectivity index (χ4v) is 2.09. The summed E-state index contributed by atoms with van der Waals surface area (Å²) in [6.45, 7) is 3.04. The van der Waals surface area contributed by atoms with Gasteiger partial charge >= 0.3 is 0 Å². The molecule has 0 amide bonds. The molecule has 1 saturated carbocycles. The Hall–Kier alpha value is -1.67. The Morgan fingerprint density at radius 3 is 2.56 bits per heavy atom. The van der Waals surface area contributed by atoms with Crippen LogP contribution < -0.4 is 5.32 Å². The third kappa shape index (κ3) is 2.59. The second-order valence-electron chi connectivity index (χ2n) is 4.96. The fraction of sp³-hybridized carbons (Fsp3) is 0.312. The van der Waals surface area contributed by atoms with E-state index < -0.39 is 0 Å². The minimum Gasteiger partial charge on any atom is -0.310 e. The van der Waals surface area contributed by atoms with Gasteiger partial charge in [-0.05, 0) is 31.4 Å². The monoisotopic (exact) mass is 238 g/mol. The Balaban J connectivity index is 1.79. The molecule has 1 heterocycles. The van der Waals surface area contributed by atoms with Crippen LogP contribution in [0.2, 0.25) is 0 Å². The molecule has 1 N–H and O–H groups in total. The molecule has 0 unspecified atom stereocenters. The van der Waals surface area contributed by atoms with E-state index in [4.69, 9.17) is 4.98 Å². The topological polar surface area (TPSA) is 24.9 Å². The van der Waals surface area contributed by atoms with Gasteiger partial charge in [-0.15, -0.1) is 0 Å². The summed E-state index contributed by atoms with van der Waals surface area (Å²) < 4.78 is 0. The second-order valence-corrected chi connectivity index (χ2v) is 4.96. The average Bonchev–Trinajstić information content (AvgIpc) is 3.22. The van der Waals surface area contributed by atoms with Gasteiger partial charge in [0, 0.05) is 23.8 Å². The Bertz CT molecular complexity index is 530. The summed E-state index contributed by atoms with van der Waals surface area (Å²) in [6, 6.07) is 15.4. The normalized spacial score (nSPS) is 14.7. The highest BCUT2D eigenvalue weighted by Crippen LogP contribution is 2.21. The lowest BCUT2D eigenvalue weighted by Crippen LogP contribution is -2.16. The van der Waals surface area contributed by atoms with Crippen molar-refractivity contribution in [1.82, 2.24) is 10.3 Å². The maximum atomic E-state index is 4.70. The number of nitrogens with zero attached hydrogens (tertiary/aromatic N) is 1. The van der Waals surface area contributed by atoms with Gasteiger partial charge in [0.15, 0.2) is 0 Å². The van der Waals surface area contributed by atoms with Crippen molar-refractivity contribution in [1.29, 1.82) is 0 Å². The molecule has 0 atom stereocenters. The van der Waals surface area contributed by atoms with Crippen LogP contribution in [0.3, 0.4) is 0 Å². The molecule has 1 aromatic carbocycles. The standard InChI is InChI=1S/C16H18N2/c1-12-14(11-17-15-8-9-15)7-10-16(18-12)13-5-3-2-4-6-13/h2-7,10,15,17H,8-9,11H2,1H3. The Morgan fingerprint density at radius 1 is 1.11 bits per heavy atom. The molecule has 0 aliphatic heterocycles. The summed E-state index contributed by atoms with van der Waals surface area (Å²) in [5.74, 6) is 0. The molecule has 0 bridgehead atoms. The van der Waals surface area contributed by atoms with Crippen LogP contribution in [-0.4, -0.2) is 11.0 Å². The van der Waals surface area contributed by atoms with Gasteiger partial charge in [0.05, 0.1) is 5.69 Å². The van der Waals surface area contributed by atoms with Gasteiger partial charge in [0.2, 0.25) is 0 Å². The van der Waals surface area contributed by atoms with Crippen molar-refractivity contribution in [2.45, 2.75) is 32.4 Å². The molecular weight excluding hydrogens is 220 g/mol. The summed E-state index contributed by atoms with van der Waals surface area (Å²) in [4.78, 5) is 4.70. The summed E-state index contributed by atoms with van der Waals surface area (Å²) in [7, 11) is 0. The lowest BCUT2D eigenvalue weighted by molar-refractivity contribution is 0.682. The number of benzene rings is 1. The van der Waals surface area contributed by atoms with E-state index in [-0.39, 0.29) is 0 Å². The first kappa shape index (κ1) is 11.4. The largest absolute Gasteiger partial charge is 0.310 e. The highest BCUT2D eigenvalue weighted by molar-refractivity contribution is 5.59. The predicted octanol–water partition coefficient (Wildman–Crippen LogP) is 3.31. The summed E-state index contributed by atoms with van der Waals surface area (Å²) in [5.41, 5.74) is 4.68. The van der Waals surface area contributed by atoms with Crippen molar-refractivity contribution in [2.24, 2.45) is 0 Å². The fourth-order valence-electron chi connectivity index (χ4n) is 2.09. The first-order valence-electron chi connectivity index (χ1n) is 6.58. The smallest absolute Gasteiger partial charge is 0.0705 e. The highest BCUT2D eigenvalue weighted by atomic mass is 14.9. The molecule has 0 spiro atoms. The van der Waals surface area contributed by atoms with Crippen molar-refractivity contribution in [2.75, 3.05) is 0 Å². The van der Waals surface area contributed by atoms with Crippen molar-refractivity contribution < 1.29 is 0 Å². The molecule has 0 saturated heterocycles. The molecule has 1 fully saturated rings. The summed E-state index contributed by atoms with van der Waals surface area (Å²) >= 11 is 0. The summed E-state index contributed by atoms with van der Waals surface area (Å²) in [6.07, 6.45) is 2.66.